The Labute approximate surface area is 265 Å². The second kappa shape index (κ2) is 13.9. The standard InChI is InChI=1S/C34H39F3N4O5/c1-19(2)12-27(41-17-22(10-11-40(5)6)25(15-29(41)42)34(35,36)37)33(45)39-26(16-30(43)44)24-13-23(14-28-32(24)38-18-46-28)31-20(3)8-7-9-21(31)4/h7-9,13-15,17-19,26-27H,10-12,16H2,1-6H3,(H,39,45)(H,43,44)/t26-,27+/m0/s1. The average molecular weight is 641 g/mol. The lowest BCUT2D eigenvalue weighted by Crippen LogP contribution is -2.40. The number of alkyl halides is 3. The number of nitrogens with one attached hydrogen (secondary N) is 1. The Kier molecular flexibility index (Phi) is 10.4. The molecule has 1 amide bonds. The molecule has 0 bridgehead atoms. The Morgan fingerprint density at radius 1 is 1.11 bits per heavy atom. The van der Waals surface area contributed by atoms with Crippen LogP contribution in [0, 0.1) is 19.8 Å². The number of oxazole rings is 1. The maximum Gasteiger partial charge on any atom is 0.416 e. The van der Waals surface area contributed by atoms with E-state index >= 15 is 0 Å². The first-order chi connectivity index (χ1) is 21.6. The van der Waals surface area contributed by atoms with Crippen molar-refractivity contribution in [2.75, 3.05) is 20.6 Å². The zero-order valence-corrected chi connectivity index (χ0v) is 26.7. The summed E-state index contributed by atoms with van der Waals surface area (Å²) in [5.74, 6) is -2.03. The third-order valence-electron chi connectivity index (χ3n) is 7.94. The minimum atomic E-state index is -4.76. The van der Waals surface area contributed by atoms with Crippen LogP contribution in [0.2, 0.25) is 0 Å². The van der Waals surface area contributed by atoms with E-state index in [1.807, 2.05) is 45.9 Å². The summed E-state index contributed by atoms with van der Waals surface area (Å²) in [6, 6.07) is 7.64. The maximum atomic E-state index is 14.1. The van der Waals surface area contributed by atoms with Gasteiger partial charge >= 0.3 is 12.1 Å². The monoisotopic (exact) mass is 640 g/mol. The molecular formula is C34H39F3N4O5. The Balaban J connectivity index is 1.82. The highest BCUT2D eigenvalue weighted by atomic mass is 19.4. The number of aryl methyl sites for hydroxylation is 2. The van der Waals surface area contributed by atoms with Gasteiger partial charge in [0.15, 0.2) is 12.0 Å². The van der Waals surface area contributed by atoms with E-state index in [9.17, 15) is 32.7 Å². The first-order valence-corrected chi connectivity index (χ1v) is 15.0. The zero-order valence-electron chi connectivity index (χ0n) is 26.7. The molecule has 4 rings (SSSR count). The normalized spacial score (nSPS) is 13.4. The van der Waals surface area contributed by atoms with Crippen LogP contribution in [0.15, 0.2) is 58.2 Å². The maximum absolute atomic E-state index is 14.1. The number of carbonyl (C=O) groups excluding carboxylic acids is 1. The summed E-state index contributed by atoms with van der Waals surface area (Å²) in [5.41, 5.74) is 2.63. The number of likely N-dealkylation sites (N-methyl/N-ethyl adjacent to an activating group) is 1. The second-order valence-corrected chi connectivity index (χ2v) is 12.3. The van der Waals surface area contributed by atoms with E-state index in [-0.39, 0.29) is 30.9 Å². The predicted molar refractivity (Wildman–Crippen MR) is 169 cm³/mol. The number of halogens is 3. The number of amides is 1. The number of carbonyl (C=O) groups is 2. The van der Waals surface area contributed by atoms with E-state index in [0.29, 0.717) is 22.7 Å². The number of hydrogen-bond donors (Lipinski definition) is 2. The minimum absolute atomic E-state index is 0.00493. The van der Waals surface area contributed by atoms with Crippen LogP contribution in [-0.4, -0.2) is 52.1 Å². The Hall–Kier alpha value is -4.45. The summed E-state index contributed by atoms with van der Waals surface area (Å²) in [6.07, 6.45) is -2.81. The van der Waals surface area contributed by atoms with Crippen LogP contribution in [0.1, 0.15) is 66.6 Å². The van der Waals surface area contributed by atoms with Gasteiger partial charge in [0, 0.05) is 24.4 Å². The molecule has 2 N–H and O–H groups in total. The molecule has 246 valence electrons. The van der Waals surface area contributed by atoms with Crippen LogP contribution >= 0.6 is 0 Å². The number of pyridine rings is 1. The largest absolute Gasteiger partial charge is 0.481 e. The Morgan fingerprint density at radius 3 is 2.37 bits per heavy atom. The number of aliphatic carboxylic acids is 1. The van der Waals surface area contributed by atoms with Gasteiger partial charge in [0.05, 0.1) is 18.0 Å². The second-order valence-electron chi connectivity index (χ2n) is 12.3. The molecule has 0 aliphatic heterocycles. The van der Waals surface area contributed by atoms with Crippen molar-refractivity contribution < 1.29 is 32.3 Å². The zero-order chi connectivity index (χ0) is 33.9. The summed E-state index contributed by atoms with van der Waals surface area (Å²) >= 11 is 0. The third-order valence-corrected chi connectivity index (χ3v) is 7.94. The number of nitrogens with zero attached hydrogens (tertiary/aromatic N) is 3. The van der Waals surface area contributed by atoms with Gasteiger partial charge in [0.2, 0.25) is 5.91 Å². The van der Waals surface area contributed by atoms with Crippen molar-refractivity contribution in [3.63, 3.8) is 0 Å². The van der Waals surface area contributed by atoms with E-state index in [2.05, 4.69) is 10.3 Å². The lowest BCUT2D eigenvalue weighted by molar-refractivity contribution is -0.139. The van der Waals surface area contributed by atoms with E-state index in [1.54, 1.807) is 31.1 Å². The summed E-state index contributed by atoms with van der Waals surface area (Å²) in [6.45, 7) is 7.84. The van der Waals surface area contributed by atoms with Crippen LogP contribution in [0.4, 0.5) is 13.2 Å². The molecule has 0 unspecified atom stereocenters. The van der Waals surface area contributed by atoms with E-state index in [1.165, 1.54) is 6.39 Å². The molecule has 2 aromatic carbocycles. The molecule has 0 aliphatic carbocycles. The van der Waals surface area contributed by atoms with Crippen LogP contribution < -0.4 is 10.9 Å². The SMILES string of the molecule is Cc1cccc(C)c1-c1cc([C@H](CC(=O)O)NC(=O)[C@@H](CC(C)C)n2cc(CCN(C)C)c(C(F)(F)F)cc2=O)c2ncoc2c1. The molecule has 0 fully saturated rings. The van der Waals surface area contributed by atoms with E-state index in [4.69, 9.17) is 4.42 Å². The van der Waals surface area contributed by atoms with Gasteiger partial charge in [0.25, 0.3) is 5.56 Å². The molecule has 0 radical (unpaired) electrons. The van der Waals surface area contributed by atoms with Gasteiger partial charge in [-0.1, -0.05) is 32.0 Å². The van der Waals surface area contributed by atoms with Crippen molar-refractivity contribution in [3.8, 4) is 11.1 Å². The molecule has 12 heteroatoms. The molecular weight excluding hydrogens is 601 g/mol. The van der Waals surface area contributed by atoms with E-state index < -0.39 is 47.7 Å². The van der Waals surface area contributed by atoms with Crippen LogP contribution in [0.5, 0.6) is 0 Å². The first-order valence-electron chi connectivity index (χ1n) is 15.0. The van der Waals surface area contributed by atoms with Crippen molar-refractivity contribution in [2.24, 2.45) is 5.92 Å². The van der Waals surface area contributed by atoms with Crippen LogP contribution in [0.25, 0.3) is 22.2 Å². The fourth-order valence-corrected chi connectivity index (χ4v) is 5.79. The number of rotatable bonds is 12. The number of aromatic nitrogens is 2. The van der Waals surface area contributed by atoms with Crippen LogP contribution in [0.3, 0.4) is 0 Å². The smallest absolute Gasteiger partial charge is 0.416 e. The van der Waals surface area contributed by atoms with E-state index in [0.717, 1.165) is 33.0 Å². The molecule has 0 saturated heterocycles. The molecule has 2 heterocycles. The number of benzene rings is 2. The molecule has 4 aromatic rings. The van der Waals surface area contributed by atoms with Gasteiger partial charge in [-0.25, -0.2) is 4.98 Å². The fourth-order valence-electron chi connectivity index (χ4n) is 5.79. The van der Waals surface area contributed by atoms with Gasteiger partial charge in [-0.15, -0.1) is 0 Å². The molecule has 9 nitrogen and oxygen atoms in total. The van der Waals surface area contributed by atoms with Crippen molar-refractivity contribution in [2.45, 2.75) is 65.2 Å². The minimum Gasteiger partial charge on any atom is -0.481 e. The highest BCUT2D eigenvalue weighted by molar-refractivity contribution is 5.88. The third kappa shape index (κ3) is 7.85. The van der Waals surface area contributed by atoms with Gasteiger partial charge in [-0.05, 0) is 86.7 Å². The van der Waals surface area contributed by atoms with Crippen molar-refractivity contribution >= 4 is 23.0 Å². The number of hydrogen-bond acceptors (Lipinski definition) is 6. The summed E-state index contributed by atoms with van der Waals surface area (Å²) < 4.78 is 48.5. The lowest BCUT2D eigenvalue weighted by atomic mass is 9.91. The first kappa shape index (κ1) is 34.4. The summed E-state index contributed by atoms with van der Waals surface area (Å²) in [5, 5.41) is 12.7. The van der Waals surface area contributed by atoms with Crippen molar-refractivity contribution in [3.05, 3.63) is 87.2 Å². The summed E-state index contributed by atoms with van der Waals surface area (Å²) in [7, 11) is 3.45. The molecule has 46 heavy (non-hydrogen) atoms. The molecule has 2 atom stereocenters. The Morgan fingerprint density at radius 2 is 1.78 bits per heavy atom. The van der Waals surface area contributed by atoms with Crippen LogP contribution in [-0.2, 0) is 22.2 Å². The highest BCUT2D eigenvalue weighted by Gasteiger charge is 2.36. The topological polar surface area (TPSA) is 118 Å². The average Bonchev–Trinajstić information content (AvgIpc) is 3.42. The lowest BCUT2D eigenvalue weighted by Gasteiger charge is -2.26. The number of carboxylic acids is 1. The number of fused-ring (bicyclic) bond motifs is 1. The molecule has 2 aromatic heterocycles. The molecule has 0 saturated carbocycles. The molecule has 0 spiro atoms. The Bertz CT molecular complexity index is 1770. The van der Waals surface area contributed by atoms with Gasteiger partial charge in [-0.3, -0.25) is 14.4 Å². The fraction of sp³-hybridized carbons (Fsp3) is 0.412. The quantitative estimate of drug-likeness (QED) is 0.186. The summed E-state index contributed by atoms with van der Waals surface area (Å²) in [4.78, 5) is 45.4. The predicted octanol–water partition coefficient (Wildman–Crippen LogP) is 6.32. The molecule has 0 aliphatic rings. The van der Waals surface area contributed by atoms with Crippen molar-refractivity contribution in [1.29, 1.82) is 0 Å². The highest BCUT2D eigenvalue weighted by Crippen LogP contribution is 2.36. The van der Waals surface area contributed by atoms with Gasteiger partial charge < -0.3 is 24.3 Å². The number of carboxylic acid groups (broad SMARTS) is 1. The van der Waals surface area contributed by atoms with Gasteiger partial charge in [-0.2, -0.15) is 13.2 Å². The van der Waals surface area contributed by atoms with Gasteiger partial charge in [0.1, 0.15) is 11.6 Å². The van der Waals surface area contributed by atoms with Crippen molar-refractivity contribution in [1.82, 2.24) is 19.8 Å².